The lowest BCUT2D eigenvalue weighted by Crippen LogP contribution is -2.42. The van der Waals surface area contributed by atoms with Gasteiger partial charge in [-0.1, -0.05) is 55.2 Å². The maximum absolute atomic E-state index is 11.5. The number of allylic oxidation sites excluding steroid dienone is 5. The minimum Gasteiger partial charge on any atom is -0.462 e. The summed E-state index contributed by atoms with van der Waals surface area (Å²) in [4.78, 5) is 11.5. The summed E-state index contributed by atoms with van der Waals surface area (Å²) < 4.78 is 5.59. The molecule has 0 N–H and O–H groups in total. The highest BCUT2D eigenvalue weighted by molar-refractivity contribution is 5.66. The molecule has 4 aliphatic rings. The van der Waals surface area contributed by atoms with Gasteiger partial charge in [0.05, 0.1) is 0 Å². The Bertz CT molecular complexity index is 811. The summed E-state index contributed by atoms with van der Waals surface area (Å²) in [6, 6.07) is 0. The Morgan fingerprint density at radius 3 is 2.68 bits per heavy atom. The molecule has 0 heterocycles. The van der Waals surface area contributed by atoms with Crippen molar-refractivity contribution >= 4 is 5.97 Å². The van der Waals surface area contributed by atoms with Crippen LogP contribution in [0.4, 0.5) is 0 Å². The molecule has 0 aromatic rings. The first-order valence-corrected chi connectivity index (χ1v) is 12.9. The predicted molar refractivity (Wildman–Crippen MR) is 129 cm³/mol. The summed E-state index contributed by atoms with van der Waals surface area (Å²) >= 11 is 0. The number of fused-ring (bicyclic) bond motifs is 4. The molecule has 0 saturated heterocycles. The number of hydrogen-bond donors (Lipinski definition) is 0. The van der Waals surface area contributed by atoms with Gasteiger partial charge in [-0.2, -0.15) is 0 Å². The SMILES string of the molecule is CC(=O)OC1CCC2(C)C(=CCC3=C2CCC2(C)C3CCC2C(C)CCC=C(C)C)C1. The Kier molecular flexibility index (Phi) is 6.32. The van der Waals surface area contributed by atoms with E-state index in [-0.39, 0.29) is 17.5 Å². The molecule has 4 rings (SSSR count). The summed E-state index contributed by atoms with van der Waals surface area (Å²) in [5, 5.41) is 0. The average Bonchev–Trinajstić information content (AvgIpc) is 3.05. The van der Waals surface area contributed by atoms with Gasteiger partial charge in [0.15, 0.2) is 0 Å². The molecule has 6 unspecified atom stereocenters. The first-order chi connectivity index (χ1) is 14.6. The van der Waals surface area contributed by atoms with Gasteiger partial charge in [0.25, 0.3) is 0 Å². The quantitative estimate of drug-likeness (QED) is 0.331. The van der Waals surface area contributed by atoms with E-state index in [1.165, 1.54) is 44.1 Å². The van der Waals surface area contributed by atoms with E-state index < -0.39 is 0 Å². The summed E-state index contributed by atoms with van der Waals surface area (Å²) in [7, 11) is 0. The summed E-state index contributed by atoms with van der Waals surface area (Å²) in [5.74, 6) is 2.34. The third-order valence-electron chi connectivity index (χ3n) is 9.68. The van der Waals surface area contributed by atoms with Crippen molar-refractivity contribution in [1.29, 1.82) is 0 Å². The molecule has 2 fully saturated rings. The predicted octanol–water partition coefficient (Wildman–Crippen LogP) is 7.94. The Morgan fingerprint density at radius 1 is 1.19 bits per heavy atom. The molecule has 0 radical (unpaired) electrons. The van der Waals surface area contributed by atoms with Gasteiger partial charge in [0.1, 0.15) is 6.10 Å². The second-order valence-electron chi connectivity index (χ2n) is 11.8. The molecule has 0 amide bonds. The maximum atomic E-state index is 11.5. The molecular weight excluding hydrogens is 380 g/mol. The Morgan fingerprint density at radius 2 is 1.97 bits per heavy atom. The molecule has 2 saturated carbocycles. The van der Waals surface area contributed by atoms with Crippen LogP contribution in [0.1, 0.15) is 106 Å². The molecule has 0 aliphatic heterocycles. The third-order valence-corrected chi connectivity index (χ3v) is 9.68. The molecule has 2 heteroatoms. The zero-order valence-electron chi connectivity index (χ0n) is 20.9. The van der Waals surface area contributed by atoms with Crippen LogP contribution in [-0.2, 0) is 9.53 Å². The molecule has 4 aliphatic carbocycles. The third kappa shape index (κ3) is 4.09. The Balaban J connectivity index is 1.52. The zero-order valence-corrected chi connectivity index (χ0v) is 20.9. The standard InChI is InChI=1S/C29H44O2/c1-19(2)8-7-9-20(3)25-12-13-26-24-11-10-22-18-23(31-21(4)30)14-16-28(22,5)27(24)15-17-29(25,26)6/h8,10,20,23,25-26H,7,9,11-18H2,1-6H3. The fourth-order valence-electron chi connectivity index (χ4n) is 8.03. The molecule has 2 nitrogen and oxygen atoms in total. The average molecular weight is 425 g/mol. The zero-order chi connectivity index (χ0) is 22.4. The van der Waals surface area contributed by atoms with Crippen LogP contribution in [0.2, 0.25) is 0 Å². The number of ether oxygens (including phenoxy) is 1. The van der Waals surface area contributed by atoms with Crippen molar-refractivity contribution in [3.63, 3.8) is 0 Å². The van der Waals surface area contributed by atoms with E-state index in [2.05, 4.69) is 46.8 Å². The van der Waals surface area contributed by atoms with Gasteiger partial charge in [0, 0.05) is 18.8 Å². The Hall–Kier alpha value is -1.31. The van der Waals surface area contributed by atoms with Crippen molar-refractivity contribution in [2.45, 2.75) is 112 Å². The molecular formula is C29H44O2. The van der Waals surface area contributed by atoms with E-state index in [1.54, 1.807) is 18.1 Å². The maximum Gasteiger partial charge on any atom is 0.302 e. The molecule has 172 valence electrons. The van der Waals surface area contributed by atoms with Gasteiger partial charge in [-0.15, -0.1) is 0 Å². The number of carbonyl (C=O) groups is 1. The van der Waals surface area contributed by atoms with Crippen LogP contribution in [-0.4, -0.2) is 12.1 Å². The van der Waals surface area contributed by atoms with Crippen LogP contribution in [0.15, 0.2) is 34.4 Å². The van der Waals surface area contributed by atoms with Gasteiger partial charge >= 0.3 is 5.97 Å². The van der Waals surface area contributed by atoms with Crippen molar-refractivity contribution in [3.05, 3.63) is 34.4 Å². The van der Waals surface area contributed by atoms with E-state index in [0.717, 1.165) is 43.4 Å². The summed E-state index contributed by atoms with van der Waals surface area (Å²) in [5.41, 5.74) is 7.31. The number of esters is 1. The molecule has 6 atom stereocenters. The molecule has 0 bridgehead atoms. The van der Waals surface area contributed by atoms with Crippen molar-refractivity contribution in [2.75, 3.05) is 0 Å². The number of carbonyl (C=O) groups excluding carboxylic acids is 1. The van der Waals surface area contributed by atoms with Crippen LogP contribution >= 0.6 is 0 Å². The molecule has 0 aromatic heterocycles. The van der Waals surface area contributed by atoms with Crippen LogP contribution in [0.25, 0.3) is 0 Å². The molecule has 0 aromatic carbocycles. The largest absolute Gasteiger partial charge is 0.462 e. The minimum atomic E-state index is -0.131. The second kappa shape index (κ2) is 8.56. The topological polar surface area (TPSA) is 26.3 Å². The summed E-state index contributed by atoms with van der Waals surface area (Å²) in [6.07, 6.45) is 17.3. The lowest BCUT2D eigenvalue weighted by Gasteiger charge is -2.52. The first kappa shape index (κ1) is 22.9. The van der Waals surface area contributed by atoms with Gasteiger partial charge in [-0.3, -0.25) is 4.79 Å². The highest BCUT2D eigenvalue weighted by Gasteiger charge is 2.54. The normalized spacial score (nSPS) is 37.9. The van der Waals surface area contributed by atoms with Gasteiger partial charge < -0.3 is 4.74 Å². The second-order valence-corrected chi connectivity index (χ2v) is 11.8. The van der Waals surface area contributed by atoms with Gasteiger partial charge in [-0.25, -0.2) is 0 Å². The fourth-order valence-corrected chi connectivity index (χ4v) is 8.03. The van der Waals surface area contributed by atoms with Crippen LogP contribution in [0.5, 0.6) is 0 Å². The van der Waals surface area contributed by atoms with Crippen LogP contribution in [0.3, 0.4) is 0 Å². The van der Waals surface area contributed by atoms with Crippen molar-refractivity contribution < 1.29 is 9.53 Å². The van der Waals surface area contributed by atoms with Gasteiger partial charge in [-0.05, 0) is 94.8 Å². The van der Waals surface area contributed by atoms with E-state index in [0.29, 0.717) is 5.41 Å². The van der Waals surface area contributed by atoms with Crippen LogP contribution in [0, 0.1) is 28.6 Å². The summed E-state index contributed by atoms with van der Waals surface area (Å²) in [6.45, 7) is 13.6. The first-order valence-electron chi connectivity index (χ1n) is 12.9. The van der Waals surface area contributed by atoms with E-state index >= 15 is 0 Å². The van der Waals surface area contributed by atoms with Crippen molar-refractivity contribution in [2.24, 2.45) is 28.6 Å². The van der Waals surface area contributed by atoms with Gasteiger partial charge in [0.2, 0.25) is 0 Å². The molecule has 31 heavy (non-hydrogen) atoms. The van der Waals surface area contributed by atoms with Crippen molar-refractivity contribution in [1.82, 2.24) is 0 Å². The smallest absolute Gasteiger partial charge is 0.302 e. The number of hydrogen-bond acceptors (Lipinski definition) is 2. The van der Waals surface area contributed by atoms with E-state index in [9.17, 15) is 4.79 Å². The Labute approximate surface area is 190 Å². The lowest BCUT2D eigenvalue weighted by molar-refractivity contribution is -0.147. The van der Waals surface area contributed by atoms with Crippen molar-refractivity contribution in [3.8, 4) is 0 Å². The monoisotopic (exact) mass is 424 g/mol. The molecule has 0 spiro atoms. The fraction of sp³-hybridized carbons (Fsp3) is 0.759. The highest BCUT2D eigenvalue weighted by Crippen LogP contribution is 2.65. The number of rotatable bonds is 5. The van der Waals surface area contributed by atoms with E-state index in [1.807, 2.05) is 5.57 Å². The van der Waals surface area contributed by atoms with Crippen LogP contribution < -0.4 is 0 Å². The lowest BCUT2D eigenvalue weighted by atomic mass is 9.53. The van der Waals surface area contributed by atoms with E-state index in [4.69, 9.17) is 4.74 Å². The highest BCUT2D eigenvalue weighted by atomic mass is 16.5. The minimum absolute atomic E-state index is 0.0883.